The van der Waals surface area contributed by atoms with Crippen molar-refractivity contribution in [3.63, 3.8) is 0 Å². The second-order valence-electron chi connectivity index (χ2n) is 4.63. The van der Waals surface area contributed by atoms with Crippen molar-refractivity contribution in [2.75, 3.05) is 6.61 Å². The molecule has 0 saturated carbocycles. The molecule has 0 fully saturated rings. The summed E-state index contributed by atoms with van der Waals surface area (Å²) in [4.78, 5) is 11.6. The molecule has 0 atom stereocenters. The number of hydrogen-bond acceptors (Lipinski definition) is 5. The van der Waals surface area contributed by atoms with Gasteiger partial charge in [0, 0.05) is 12.5 Å². The largest absolute Gasteiger partial charge is 0.508 e. The molecule has 0 saturated heterocycles. The van der Waals surface area contributed by atoms with Crippen LogP contribution < -0.4 is 0 Å². The van der Waals surface area contributed by atoms with Gasteiger partial charge in [0.25, 0.3) is 0 Å². The van der Waals surface area contributed by atoms with Gasteiger partial charge in [-0.3, -0.25) is 0 Å². The number of hydrogen-bond donors (Lipinski definition) is 3. The average molecular weight is 300 g/mol. The maximum atomic E-state index is 11.6. The topological polar surface area (TPSA) is 87.0 Å². The highest BCUT2D eigenvalue weighted by Gasteiger charge is 2.03. The summed E-state index contributed by atoms with van der Waals surface area (Å²) in [5.74, 6) is -0.825. The number of esters is 1. The van der Waals surface area contributed by atoms with Crippen LogP contribution in [-0.4, -0.2) is 27.9 Å². The minimum atomic E-state index is -0.525. The second kappa shape index (κ2) is 7.17. The van der Waals surface area contributed by atoms with E-state index in [0.717, 1.165) is 0 Å². The minimum Gasteiger partial charge on any atom is -0.508 e. The molecule has 0 aliphatic rings. The van der Waals surface area contributed by atoms with Gasteiger partial charge in [0.2, 0.25) is 0 Å². The van der Waals surface area contributed by atoms with Crippen LogP contribution in [0.15, 0.2) is 48.5 Å². The third-order valence-electron chi connectivity index (χ3n) is 3.02. The first kappa shape index (κ1) is 15.4. The molecule has 2 rings (SSSR count). The van der Waals surface area contributed by atoms with Crippen LogP contribution in [0.3, 0.4) is 0 Å². The van der Waals surface area contributed by atoms with E-state index in [1.54, 1.807) is 30.3 Å². The molecule has 5 nitrogen and oxygen atoms in total. The summed E-state index contributed by atoms with van der Waals surface area (Å²) in [6, 6.07) is 11.1. The standard InChI is InChI=1S/C17H16O5/c18-14-4-2-1-3-13(14)9-10-22-17(21)8-6-12-5-7-15(19)16(20)11-12/h1-8,11,18-20H,9-10H2/b8-6+. The van der Waals surface area contributed by atoms with E-state index in [0.29, 0.717) is 17.5 Å². The van der Waals surface area contributed by atoms with Crippen LogP contribution in [0, 0.1) is 0 Å². The first-order chi connectivity index (χ1) is 10.6. The lowest BCUT2D eigenvalue weighted by atomic mass is 10.1. The van der Waals surface area contributed by atoms with Crippen molar-refractivity contribution < 1.29 is 24.9 Å². The predicted molar refractivity (Wildman–Crippen MR) is 81.6 cm³/mol. The highest BCUT2D eigenvalue weighted by atomic mass is 16.5. The predicted octanol–water partition coefficient (Wildman–Crippen LogP) is 2.60. The molecule has 0 unspecified atom stereocenters. The first-order valence-electron chi connectivity index (χ1n) is 6.70. The Morgan fingerprint density at radius 2 is 1.77 bits per heavy atom. The van der Waals surface area contributed by atoms with Crippen molar-refractivity contribution in [3.05, 3.63) is 59.7 Å². The summed E-state index contributed by atoms with van der Waals surface area (Å²) >= 11 is 0. The zero-order chi connectivity index (χ0) is 15.9. The van der Waals surface area contributed by atoms with Gasteiger partial charge in [-0.05, 0) is 35.4 Å². The number of carbonyl (C=O) groups is 1. The highest BCUT2D eigenvalue weighted by molar-refractivity contribution is 5.87. The fraction of sp³-hybridized carbons (Fsp3) is 0.118. The third-order valence-corrected chi connectivity index (χ3v) is 3.02. The molecule has 22 heavy (non-hydrogen) atoms. The van der Waals surface area contributed by atoms with Gasteiger partial charge >= 0.3 is 5.97 Å². The first-order valence-corrected chi connectivity index (χ1v) is 6.70. The van der Waals surface area contributed by atoms with E-state index in [4.69, 9.17) is 4.74 Å². The van der Waals surface area contributed by atoms with E-state index in [1.165, 1.54) is 24.3 Å². The van der Waals surface area contributed by atoms with Gasteiger partial charge in [0.05, 0.1) is 6.61 Å². The van der Waals surface area contributed by atoms with Gasteiger partial charge in [-0.25, -0.2) is 4.79 Å². The number of phenols is 3. The lowest BCUT2D eigenvalue weighted by Crippen LogP contribution is -2.04. The van der Waals surface area contributed by atoms with Crippen LogP contribution in [0.25, 0.3) is 6.08 Å². The maximum absolute atomic E-state index is 11.6. The third kappa shape index (κ3) is 4.28. The Hall–Kier alpha value is -2.95. The number of ether oxygens (including phenoxy) is 1. The monoisotopic (exact) mass is 300 g/mol. The smallest absolute Gasteiger partial charge is 0.330 e. The van der Waals surface area contributed by atoms with Gasteiger partial charge in [-0.1, -0.05) is 24.3 Å². The van der Waals surface area contributed by atoms with Gasteiger partial charge in [0.15, 0.2) is 11.5 Å². The number of aromatic hydroxyl groups is 3. The van der Waals surface area contributed by atoms with Gasteiger partial charge < -0.3 is 20.1 Å². The van der Waals surface area contributed by atoms with Crippen LogP contribution in [0.1, 0.15) is 11.1 Å². The number of carbonyl (C=O) groups excluding carboxylic acids is 1. The normalized spacial score (nSPS) is 10.7. The lowest BCUT2D eigenvalue weighted by molar-refractivity contribution is -0.137. The molecule has 0 aliphatic carbocycles. The molecule has 0 amide bonds. The summed E-state index contributed by atoms with van der Waals surface area (Å²) in [6.07, 6.45) is 3.13. The number of para-hydroxylation sites is 1. The number of benzene rings is 2. The van der Waals surface area contributed by atoms with Gasteiger partial charge in [0.1, 0.15) is 5.75 Å². The van der Waals surface area contributed by atoms with Crippen LogP contribution in [0.5, 0.6) is 17.2 Å². The van der Waals surface area contributed by atoms with E-state index >= 15 is 0 Å². The molecule has 114 valence electrons. The van der Waals surface area contributed by atoms with E-state index in [-0.39, 0.29) is 23.9 Å². The zero-order valence-corrected chi connectivity index (χ0v) is 11.8. The number of phenolic OH excluding ortho intramolecular Hbond substituents is 3. The summed E-state index contributed by atoms with van der Waals surface area (Å²) in [5.41, 5.74) is 1.27. The van der Waals surface area contributed by atoms with E-state index in [2.05, 4.69) is 0 Å². The van der Waals surface area contributed by atoms with E-state index in [9.17, 15) is 20.1 Å². The quantitative estimate of drug-likeness (QED) is 0.449. The second-order valence-corrected chi connectivity index (χ2v) is 4.63. The van der Waals surface area contributed by atoms with Gasteiger partial charge in [-0.15, -0.1) is 0 Å². The van der Waals surface area contributed by atoms with Crippen LogP contribution in [0.2, 0.25) is 0 Å². The molecule has 5 heteroatoms. The average Bonchev–Trinajstić information content (AvgIpc) is 2.50. The highest BCUT2D eigenvalue weighted by Crippen LogP contribution is 2.25. The molecule has 0 bridgehead atoms. The van der Waals surface area contributed by atoms with Gasteiger partial charge in [-0.2, -0.15) is 0 Å². The molecule has 0 radical (unpaired) electrons. The fourth-order valence-electron chi connectivity index (χ4n) is 1.84. The molecule has 0 heterocycles. The van der Waals surface area contributed by atoms with E-state index < -0.39 is 5.97 Å². The summed E-state index contributed by atoms with van der Waals surface area (Å²) < 4.78 is 5.03. The van der Waals surface area contributed by atoms with Crippen molar-refractivity contribution in [1.82, 2.24) is 0 Å². The fourth-order valence-corrected chi connectivity index (χ4v) is 1.84. The summed E-state index contributed by atoms with van der Waals surface area (Å²) in [6.45, 7) is 0.154. The Labute approximate surface area is 127 Å². The lowest BCUT2D eigenvalue weighted by Gasteiger charge is -2.04. The van der Waals surface area contributed by atoms with Crippen molar-refractivity contribution in [2.45, 2.75) is 6.42 Å². The Bertz CT molecular complexity index is 691. The Kier molecular flexibility index (Phi) is 5.03. The molecular weight excluding hydrogens is 284 g/mol. The van der Waals surface area contributed by atoms with Crippen molar-refractivity contribution in [2.24, 2.45) is 0 Å². The van der Waals surface area contributed by atoms with E-state index in [1.807, 2.05) is 0 Å². The zero-order valence-electron chi connectivity index (χ0n) is 11.8. The van der Waals surface area contributed by atoms with Crippen molar-refractivity contribution in [1.29, 1.82) is 0 Å². The Morgan fingerprint density at radius 1 is 1.00 bits per heavy atom. The summed E-state index contributed by atoms with van der Waals surface area (Å²) in [5, 5.41) is 28.1. The SMILES string of the molecule is O=C(/C=C/c1ccc(O)c(O)c1)OCCc1ccccc1O. The molecule has 0 aromatic heterocycles. The number of rotatable bonds is 5. The molecule has 0 aliphatic heterocycles. The molecule has 0 spiro atoms. The van der Waals surface area contributed by atoms with Crippen LogP contribution in [0.4, 0.5) is 0 Å². The molecule has 3 N–H and O–H groups in total. The molecule has 2 aromatic carbocycles. The Morgan fingerprint density at radius 3 is 2.50 bits per heavy atom. The van der Waals surface area contributed by atoms with Crippen molar-refractivity contribution in [3.8, 4) is 17.2 Å². The van der Waals surface area contributed by atoms with Crippen molar-refractivity contribution >= 4 is 12.0 Å². The Balaban J connectivity index is 1.84. The van der Waals surface area contributed by atoms with Crippen LogP contribution >= 0.6 is 0 Å². The summed E-state index contributed by atoms with van der Waals surface area (Å²) in [7, 11) is 0. The maximum Gasteiger partial charge on any atom is 0.330 e. The molecular formula is C17H16O5. The minimum absolute atomic E-state index is 0.154. The van der Waals surface area contributed by atoms with Crippen LogP contribution in [-0.2, 0) is 16.0 Å². The molecule has 2 aromatic rings.